The van der Waals surface area contributed by atoms with E-state index < -0.39 is 0 Å². The van der Waals surface area contributed by atoms with Gasteiger partial charge in [0.05, 0.1) is 14.2 Å². The van der Waals surface area contributed by atoms with E-state index >= 15 is 0 Å². The monoisotopic (exact) mass is 341 g/mol. The summed E-state index contributed by atoms with van der Waals surface area (Å²) in [6.07, 6.45) is 1.62. The molecular weight excluding hydrogens is 322 g/mol. The summed E-state index contributed by atoms with van der Waals surface area (Å²) in [5.41, 5.74) is 2.17. The molecule has 124 valence electrons. The smallest absolute Gasteiger partial charge is 0.199 e. The summed E-state index contributed by atoms with van der Waals surface area (Å²) in [6.45, 7) is 0. The van der Waals surface area contributed by atoms with E-state index in [2.05, 4.69) is 16.3 Å². The summed E-state index contributed by atoms with van der Waals surface area (Å²) in [6, 6.07) is 15.8. The molecule has 0 spiro atoms. The van der Waals surface area contributed by atoms with Gasteiger partial charge in [0, 0.05) is 12.1 Å². The molecule has 1 heterocycles. The Morgan fingerprint density at radius 1 is 1.00 bits per heavy atom. The molecule has 0 atom stereocenters. The summed E-state index contributed by atoms with van der Waals surface area (Å²) >= 11 is 5.38. The van der Waals surface area contributed by atoms with Crippen molar-refractivity contribution in [1.29, 1.82) is 0 Å². The Balaban J connectivity index is 1.82. The second-order valence-corrected chi connectivity index (χ2v) is 5.72. The third kappa shape index (κ3) is 3.49. The molecule has 5 nitrogen and oxygen atoms in total. The molecule has 0 aliphatic carbocycles. The van der Waals surface area contributed by atoms with Crippen LogP contribution in [0.5, 0.6) is 11.5 Å². The van der Waals surface area contributed by atoms with Gasteiger partial charge < -0.3 is 9.47 Å². The molecule has 1 aromatic heterocycles. The second kappa shape index (κ2) is 7.31. The Morgan fingerprint density at radius 3 is 2.46 bits per heavy atom. The Morgan fingerprint density at radius 2 is 1.75 bits per heavy atom. The van der Waals surface area contributed by atoms with Crippen LogP contribution in [0.25, 0.3) is 5.69 Å². The number of nitrogens with zero attached hydrogens (tertiary/aromatic N) is 2. The van der Waals surface area contributed by atoms with Crippen molar-refractivity contribution in [2.45, 2.75) is 12.8 Å². The van der Waals surface area contributed by atoms with Crippen LogP contribution < -0.4 is 9.47 Å². The molecule has 2 aromatic carbocycles. The number of nitrogens with one attached hydrogen (secondary N) is 1. The van der Waals surface area contributed by atoms with Crippen LogP contribution in [-0.4, -0.2) is 29.0 Å². The Kier molecular flexibility index (Phi) is 4.96. The minimum atomic E-state index is 0.584. The van der Waals surface area contributed by atoms with Gasteiger partial charge >= 0.3 is 0 Å². The summed E-state index contributed by atoms with van der Waals surface area (Å²) in [5.74, 6) is 2.57. The lowest BCUT2D eigenvalue weighted by Gasteiger charge is -2.08. The van der Waals surface area contributed by atoms with Crippen molar-refractivity contribution in [3.05, 3.63) is 64.7 Å². The summed E-state index contributed by atoms with van der Waals surface area (Å²) < 4.78 is 13.0. The number of hydrogen-bond acceptors (Lipinski definition) is 4. The van der Waals surface area contributed by atoms with Gasteiger partial charge in [-0.05, 0) is 60.6 Å². The Bertz CT molecular complexity index is 868. The molecule has 0 saturated carbocycles. The average molecular weight is 341 g/mol. The van der Waals surface area contributed by atoms with Crippen LogP contribution in [0.4, 0.5) is 0 Å². The topological polar surface area (TPSA) is 52.1 Å². The van der Waals surface area contributed by atoms with Gasteiger partial charge in [0.25, 0.3) is 0 Å². The van der Waals surface area contributed by atoms with Crippen molar-refractivity contribution >= 4 is 12.2 Å². The van der Waals surface area contributed by atoms with Crippen LogP contribution in [0, 0.1) is 4.77 Å². The van der Waals surface area contributed by atoms with Crippen LogP contribution in [-0.2, 0) is 12.8 Å². The maximum Gasteiger partial charge on any atom is 0.199 e. The molecule has 0 fully saturated rings. The van der Waals surface area contributed by atoms with Crippen molar-refractivity contribution in [3.63, 3.8) is 0 Å². The van der Waals surface area contributed by atoms with Gasteiger partial charge in [-0.3, -0.25) is 9.67 Å². The number of hydrogen-bond donors (Lipinski definition) is 1. The van der Waals surface area contributed by atoms with Gasteiger partial charge in [-0.1, -0.05) is 12.1 Å². The first-order valence-electron chi connectivity index (χ1n) is 7.65. The second-order valence-electron chi connectivity index (χ2n) is 5.33. The van der Waals surface area contributed by atoms with Crippen molar-refractivity contribution in [3.8, 4) is 17.2 Å². The largest absolute Gasteiger partial charge is 0.497 e. The van der Waals surface area contributed by atoms with Gasteiger partial charge in [0.2, 0.25) is 0 Å². The van der Waals surface area contributed by atoms with Gasteiger partial charge in [0.15, 0.2) is 4.77 Å². The number of aromatic amines is 1. The number of ether oxygens (including phenoxy) is 2. The lowest BCUT2D eigenvalue weighted by atomic mass is 10.1. The SMILES string of the molecule is COc1ccc(-n2c(CCc3cccc(OC)c3)n[nH]c2=S)cc1. The molecule has 0 radical (unpaired) electrons. The maximum absolute atomic E-state index is 5.38. The van der Waals surface area contributed by atoms with E-state index in [1.807, 2.05) is 47.0 Å². The van der Waals surface area contributed by atoms with Crippen molar-refractivity contribution < 1.29 is 9.47 Å². The van der Waals surface area contributed by atoms with Gasteiger partial charge in [-0.25, -0.2) is 0 Å². The van der Waals surface area contributed by atoms with Crippen LogP contribution in [0.15, 0.2) is 48.5 Å². The van der Waals surface area contributed by atoms with E-state index in [1.54, 1.807) is 14.2 Å². The first-order chi connectivity index (χ1) is 11.7. The van der Waals surface area contributed by atoms with E-state index in [1.165, 1.54) is 5.56 Å². The molecule has 0 saturated heterocycles. The quantitative estimate of drug-likeness (QED) is 0.694. The van der Waals surface area contributed by atoms with Gasteiger partial charge in [-0.2, -0.15) is 5.10 Å². The molecule has 0 bridgehead atoms. The molecule has 1 N–H and O–H groups in total. The number of rotatable bonds is 6. The number of H-pyrrole nitrogens is 1. The molecule has 0 aliphatic rings. The highest BCUT2D eigenvalue weighted by atomic mass is 32.1. The van der Waals surface area contributed by atoms with Gasteiger partial charge in [-0.15, -0.1) is 0 Å². The van der Waals surface area contributed by atoms with E-state index in [4.69, 9.17) is 21.7 Å². The lowest BCUT2D eigenvalue weighted by molar-refractivity contribution is 0.414. The van der Waals surface area contributed by atoms with Crippen molar-refractivity contribution in [2.75, 3.05) is 14.2 Å². The molecule has 3 aromatic rings. The summed E-state index contributed by atoms with van der Waals surface area (Å²) in [5, 5.41) is 7.26. The minimum Gasteiger partial charge on any atom is -0.497 e. The maximum atomic E-state index is 5.38. The third-order valence-electron chi connectivity index (χ3n) is 3.84. The highest BCUT2D eigenvalue weighted by Crippen LogP contribution is 2.18. The number of benzene rings is 2. The summed E-state index contributed by atoms with van der Waals surface area (Å²) in [7, 11) is 3.33. The Labute approximate surface area is 145 Å². The van der Waals surface area contributed by atoms with Gasteiger partial charge in [0.1, 0.15) is 17.3 Å². The molecule has 0 aliphatic heterocycles. The van der Waals surface area contributed by atoms with Crippen LogP contribution in [0.3, 0.4) is 0 Å². The van der Waals surface area contributed by atoms with Crippen LogP contribution >= 0.6 is 12.2 Å². The molecule has 6 heteroatoms. The fraction of sp³-hybridized carbons (Fsp3) is 0.222. The van der Waals surface area contributed by atoms with E-state index in [9.17, 15) is 0 Å². The first-order valence-corrected chi connectivity index (χ1v) is 8.05. The van der Waals surface area contributed by atoms with E-state index in [0.717, 1.165) is 35.9 Å². The highest BCUT2D eigenvalue weighted by molar-refractivity contribution is 7.71. The molecule has 24 heavy (non-hydrogen) atoms. The highest BCUT2D eigenvalue weighted by Gasteiger charge is 2.09. The fourth-order valence-electron chi connectivity index (χ4n) is 2.58. The number of methoxy groups -OCH3 is 2. The van der Waals surface area contributed by atoms with Crippen LogP contribution in [0.2, 0.25) is 0 Å². The van der Waals surface area contributed by atoms with E-state index in [-0.39, 0.29) is 0 Å². The fourth-order valence-corrected chi connectivity index (χ4v) is 2.84. The zero-order valence-corrected chi connectivity index (χ0v) is 14.5. The number of aromatic nitrogens is 3. The predicted octanol–water partition coefficient (Wildman–Crippen LogP) is 3.73. The average Bonchev–Trinajstić information content (AvgIpc) is 3.01. The minimum absolute atomic E-state index is 0.584. The first kappa shape index (κ1) is 16.3. The third-order valence-corrected chi connectivity index (χ3v) is 4.12. The summed E-state index contributed by atoms with van der Waals surface area (Å²) in [4.78, 5) is 0. The normalized spacial score (nSPS) is 10.6. The number of aryl methyl sites for hydroxylation is 2. The predicted molar refractivity (Wildman–Crippen MR) is 95.7 cm³/mol. The van der Waals surface area contributed by atoms with Crippen molar-refractivity contribution in [2.24, 2.45) is 0 Å². The zero-order chi connectivity index (χ0) is 16.9. The van der Waals surface area contributed by atoms with Crippen molar-refractivity contribution in [1.82, 2.24) is 14.8 Å². The molecule has 0 unspecified atom stereocenters. The molecule has 3 rings (SSSR count). The van der Waals surface area contributed by atoms with Crippen LogP contribution in [0.1, 0.15) is 11.4 Å². The standard InChI is InChI=1S/C18H19N3O2S/c1-22-15-9-7-14(8-10-15)21-17(19-20-18(21)24)11-6-13-4-3-5-16(12-13)23-2/h3-5,7-10,12H,6,11H2,1-2H3,(H,20,24). The molecular formula is C18H19N3O2S. The van der Waals surface area contributed by atoms with E-state index in [0.29, 0.717) is 4.77 Å². The Hall–Kier alpha value is -2.60. The lowest BCUT2D eigenvalue weighted by Crippen LogP contribution is -2.03. The zero-order valence-electron chi connectivity index (χ0n) is 13.7. The molecule has 0 amide bonds.